The smallest absolute Gasteiger partial charge is 0.192 e. The van der Waals surface area contributed by atoms with E-state index < -0.39 is 8.32 Å². The van der Waals surface area contributed by atoms with Crippen molar-refractivity contribution in [3.8, 4) is 5.75 Å². The first-order valence-corrected chi connectivity index (χ1v) is 12.9. The Morgan fingerprint density at radius 3 is 2.00 bits per heavy atom. The highest BCUT2D eigenvalue weighted by Gasteiger charge is 2.37. The molecule has 0 fully saturated rings. The normalized spacial score (nSPS) is 15.9. The zero-order valence-corrected chi connectivity index (χ0v) is 17.2. The second-order valence-corrected chi connectivity index (χ2v) is 14.3. The highest BCUT2D eigenvalue weighted by molar-refractivity contribution is 8.79. The molecule has 1 aliphatic rings. The maximum Gasteiger partial charge on any atom is 0.192 e. The summed E-state index contributed by atoms with van der Waals surface area (Å²) in [4.78, 5) is 2.51. The fourth-order valence-electron chi connectivity index (χ4n) is 1.63. The molecule has 0 saturated carbocycles. The van der Waals surface area contributed by atoms with E-state index in [1.165, 1.54) is 9.81 Å². The lowest BCUT2D eigenvalue weighted by Crippen LogP contribution is -2.41. The molecular formula is C18H26O2S2Si. The van der Waals surface area contributed by atoms with Gasteiger partial charge in [-0.3, -0.25) is 0 Å². The van der Waals surface area contributed by atoms with Gasteiger partial charge in [-0.1, -0.05) is 60.6 Å². The van der Waals surface area contributed by atoms with Gasteiger partial charge in [0.05, 0.1) is 6.61 Å². The number of allylic oxidation sites excluding steroid dienone is 2. The molecule has 0 spiro atoms. The van der Waals surface area contributed by atoms with Gasteiger partial charge in [0, 0.05) is 9.81 Å². The molecule has 23 heavy (non-hydrogen) atoms. The Kier molecular flexibility index (Phi) is 6.48. The zero-order chi connectivity index (χ0) is 16.9. The maximum atomic E-state index is 6.27. The molecule has 0 aromatic heterocycles. The van der Waals surface area contributed by atoms with Crippen LogP contribution in [0.4, 0.5) is 0 Å². The van der Waals surface area contributed by atoms with Crippen molar-refractivity contribution in [2.75, 3.05) is 13.2 Å². The SMILES string of the molecule is CC(C)(C)[Si](C)(C)OCC1=CC=C(COc2ccccc2)SS1. The van der Waals surface area contributed by atoms with Crippen LogP contribution in [0.5, 0.6) is 5.75 Å². The molecule has 0 amide bonds. The lowest BCUT2D eigenvalue weighted by atomic mass is 10.2. The predicted molar refractivity (Wildman–Crippen MR) is 106 cm³/mol. The van der Waals surface area contributed by atoms with E-state index in [-0.39, 0.29) is 5.04 Å². The second-order valence-electron chi connectivity index (χ2n) is 7.08. The third-order valence-corrected chi connectivity index (χ3v) is 11.2. The summed E-state index contributed by atoms with van der Waals surface area (Å²) in [5, 5.41) is 0.255. The summed E-state index contributed by atoms with van der Waals surface area (Å²) in [6, 6.07) is 9.94. The van der Waals surface area contributed by atoms with Gasteiger partial charge >= 0.3 is 0 Å². The molecule has 0 aliphatic carbocycles. The van der Waals surface area contributed by atoms with Crippen LogP contribution in [0.3, 0.4) is 0 Å². The summed E-state index contributed by atoms with van der Waals surface area (Å²) in [5.74, 6) is 0.912. The van der Waals surface area contributed by atoms with E-state index >= 15 is 0 Å². The van der Waals surface area contributed by atoms with Crippen molar-refractivity contribution in [2.24, 2.45) is 0 Å². The van der Waals surface area contributed by atoms with Crippen LogP contribution >= 0.6 is 21.6 Å². The van der Waals surface area contributed by atoms with Crippen LogP contribution in [0.1, 0.15) is 20.8 Å². The van der Waals surface area contributed by atoms with Crippen LogP contribution in [0.2, 0.25) is 18.1 Å². The molecule has 2 nitrogen and oxygen atoms in total. The first-order chi connectivity index (χ1) is 10.8. The Labute approximate surface area is 149 Å². The van der Waals surface area contributed by atoms with Crippen LogP contribution in [0.25, 0.3) is 0 Å². The summed E-state index contributed by atoms with van der Waals surface area (Å²) < 4.78 is 12.1. The van der Waals surface area contributed by atoms with E-state index in [2.05, 4.69) is 46.0 Å². The highest BCUT2D eigenvalue weighted by Crippen LogP contribution is 2.42. The van der Waals surface area contributed by atoms with Crippen molar-refractivity contribution in [3.63, 3.8) is 0 Å². The average molecular weight is 367 g/mol. The summed E-state index contributed by atoms with van der Waals surface area (Å²) in [7, 11) is 1.88. The van der Waals surface area contributed by atoms with E-state index in [4.69, 9.17) is 9.16 Å². The van der Waals surface area contributed by atoms with Gasteiger partial charge < -0.3 is 9.16 Å². The average Bonchev–Trinajstić information content (AvgIpc) is 2.52. The monoisotopic (exact) mass is 366 g/mol. The van der Waals surface area contributed by atoms with E-state index in [1.54, 1.807) is 21.6 Å². The summed E-state index contributed by atoms with van der Waals surface area (Å²) >= 11 is 0. The molecule has 0 atom stereocenters. The topological polar surface area (TPSA) is 18.5 Å². The number of para-hydroxylation sites is 1. The van der Waals surface area contributed by atoms with Gasteiger partial charge in [-0.2, -0.15) is 0 Å². The number of rotatable bonds is 6. The van der Waals surface area contributed by atoms with Crippen molar-refractivity contribution >= 4 is 29.9 Å². The van der Waals surface area contributed by atoms with Gasteiger partial charge in [0.2, 0.25) is 0 Å². The van der Waals surface area contributed by atoms with Gasteiger partial charge in [0.25, 0.3) is 0 Å². The Bertz CT molecular complexity index is 574. The van der Waals surface area contributed by atoms with Crippen LogP contribution in [-0.2, 0) is 4.43 Å². The molecule has 1 aromatic rings. The van der Waals surface area contributed by atoms with Crippen molar-refractivity contribution in [3.05, 3.63) is 52.3 Å². The number of hydrogen-bond donors (Lipinski definition) is 0. The van der Waals surface area contributed by atoms with Crippen molar-refractivity contribution in [1.82, 2.24) is 0 Å². The van der Waals surface area contributed by atoms with Crippen LogP contribution in [0, 0.1) is 0 Å². The minimum atomic E-state index is -1.67. The maximum absolute atomic E-state index is 6.27. The Hall–Kier alpha value is -0.623. The van der Waals surface area contributed by atoms with E-state index in [0.717, 1.165) is 12.4 Å². The zero-order valence-electron chi connectivity index (χ0n) is 14.6. The molecule has 0 radical (unpaired) electrons. The van der Waals surface area contributed by atoms with E-state index in [9.17, 15) is 0 Å². The lowest BCUT2D eigenvalue weighted by molar-refractivity contribution is 0.325. The summed E-state index contributed by atoms with van der Waals surface area (Å²) in [6.07, 6.45) is 4.31. The molecule has 1 aromatic carbocycles. The second kappa shape index (κ2) is 7.97. The summed E-state index contributed by atoms with van der Waals surface area (Å²) in [5.41, 5.74) is 0. The Morgan fingerprint density at radius 1 is 0.913 bits per heavy atom. The third kappa shape index (κ3) is 5.75. The standard InChI is InChI=1S/C18H26O2S2Si/c1-18(2,3)23(4,5)20-14-17-12-11-16(21-22-17)13-19-15-9-7-6-8-10-15/h6-12H,13-14H2,1-5H3. The fourth-order valence-corrected chi connectivity index (χ4v) is 4.63. The minimum absolute atomic E-state index is 0.255. The van der Waals surface area contributed by atoms with Gasteiger partial charge in [0.15, 0.2) is 8.32 Å². The van der Waals surface area contributed by atoms with E-state index in [1.807, 2.05) is 30.3 Å². The first kappa shape index (κ1) is 18.7. The van der Waals surface area contributed by atoms with Crippen LogP contribution < -0.4 is 4.74 Å². The molecule has 0 unspecified atom stereocenters. The number of hydrogen-bond acceptors (Lipinski definition) is 4. The molecular weight excluding hydrogens is 340 g/mol. The summed E-state index contributed by atoms with van der Waals surface area (Å²) in [6.45, 7) is 12.7. The van der Waals surface area contributed by atoms with Crippen LogP contribution in [0.15, 0.2) is 52.3 Å². The van der Waals surface area contributed by atoms with Gasteiger partial charge in [0.1, 0.15) is 12.4 Å². The molecule has 126 valence electrons. The minimum Gasteiger partial charge on any atom is -0.488 e. The molecule has 0 saturated heterocycles. The van der Waals surface area contributed by atoms with Crippen LogP contribution in [-0.4, -0.2) is 21.5 Å². The molecule has 1 heterocycles. The van der Waals surface area contributed by atoms with Crippen molar-refractivity contribution < 1.29 is 9.16 Å². The first-order valence-electron chi connectivity index (χ1n) is 7.84. The van der Waals surface area contributed by atoms with E-state index in [0.29, 0.717) is 6.61 Å². The quantitative estimate of drug-likeness (QED) is 0.437. The fraction of sp³-hybridized carbons (Fsp3) is 0.444. The van der Waals surface area contributed by atoms with Gasteiger partial charge in [-0.25, -0.2) is 0 Å². The predicted octanol–water partition coefficient (Wildman–Crippen LogP) is 6.25. The molecule has 2 rings (SSSR count). The Balaban J connectivity index is 1.83. The van der Waals surface area contributed by atoms with Crippen molar-refractivity contribution in [2.45, 2.75) is 38.9 Å². The molecule has 1 aliphatic heterocycles. The number of benzene rings is 1. The lowest BCUT2D eigenvalue weighted by Gasteiger charge is -2.36. The largest absolute Gasteiger partial charge is 0.488 e. The molecule has 0 N–H and O–H groups in total. The van der Waals surface area contributed by atoms with Gasteiger partial charge in [-0.05, 0) is 42.4 Å². The molecule has 0 bridgehead atoms. The number of ether oxygens (including phenoxy) is 1. The molecule has 5 heteroatoms. The Morgan fingerprint density at radius 2 is 1.48 bits per heavy atom. The highest BCUT2D eigenvalue weighted by atomic mass is 33.1. The third-order valence-electron chi connectivity index (χ3n) is 4.22. The van der Waals surface area contributed by atoms with Gasteiger partial charge in [-0.15, -0.1) is 0 Å². The van der Waals surface area contributed by atoms with Crippen molar-refractivity contribution in [1.29, 1.82) is 0 Å².